The van der Waals surface area contributed by atoms with Gasteiger partial charge in [0.05, 0.1) is 37.8 Å². The summed E-state index contributed by atoms with van der Waals surface area (Å²) in [4.78, 5) is 17.7. The standard InChI is InChI=1S/C26H21ClFN3O4S/c1-33-21-12-16(13-22(34-2)25(21)35-3)15-29-31(24(32)11-8-17-6-4-5-7-19(17)27)26-30-20-10-9-18(28)14-23(20)36-26/h4-15H,1-3H3/b11-8+,29-15+. The number of thiazole rings is 1. The molecule has 4 rings (SSSR count). The first kappa shape index (κ1) is 25.2. The maximum atomic E-state index is 13.7. The van der Waals surface area contributed by atoms with Gasteiger partial charge in [-0.05, 0) is 48.0 Å². The summed E-state index contributed by atoms with van der Waals surface area (Å²) < 4.78 is 30.5. The Morgan fingerprint density at radius 2 is 1.78 bits per heavy atom. The lowest BCUT2D eigenvalue weighted by Gasteiger charge is -2.14. The van der Waals surface area contributed by atoms with E-state index in [4.69, 9.17) is 25.8 Å². The van der Waals surface area contributed by atoms with Gasteiger partial charge in [0.1, 0.15) is 5.82 Å². The number of hydrogen-bond acceptors (Lipinski definition) is 7. The first-order valence-electron chi connectivity index (χ1n) is 10.6. The van der Waals surface area contributed by atoms with Crippen molar-refractivity contribution in [3.8, 4) is 17.2 Å². The van der Waals surface area contributed by atoms with E-state index in [1.807, 2.05) is 6.07 Å². The molecule has 0 aliphatic carbocycles. The molecule has 0 aliphatic heterocycles. The quantitative estimate of drug-likeness (QED) is 0.156. The van der Waals surface area contributed by atoms with Crippen LogP contribution in [0.25, 0.3) is 16.3 Å². The molecular weight excluding hydrogens is 505 g/mol. The van der Waals surface area contributed by atoms with E-state index in [0.29, 0.717) is 43.6 Å². The summed E-state index contributed by atoms with van der Waals surface area (Å²) in [5, 5.41) is 6.31. The normalized spacial score (nSPS) is 11.4. The SMILES string of the molecule is COc1cc(/C=N/N(C(=O)/C=C/c2ccccc2Cl)c2nc3ccc(F)cc3s2)cc(OC)c1OC. The molecule has 36 heavy (non-hydrogen) atoms. The van der Waals surface area contributed by atoms with Gasteiger partial charge in [0.2, 0.25) is 10.9 Å². The zero-order valence-electron chi connectivity index (χ0n) is 19.6. The third kappa shape index (κ3) is 5.48. The number of hydrogen-bond donors (Lipinski definition) is 0. The van der Waals surface area contributed by atoms with Gasteiger partial charge in [0, 0.05) is 16.7 Å². The minimum Gasteiger partial charge on any atom is -0.493 e. The van der Waals surface area contributed by atoms with Gasteiger partial charge in [0.25, 0.3) is 5.91 Å². The zero-order chi connectivity index (χ0) is 25.7. The molecule has 4 aromatic rings. The van der Waals surface area contributed by atoms with E-state index in [9.17, 15) is 9.18 Å². The Balaban J connectivity index is 1.74. The number of amides is 1. The van der Waals surface area contributed by atoms with Crippen molar-refractivity contribution in [1.29, 1.82) is 0 Å². The van der Waals surface area contributed by atoms with Crippen molar-refractivity contribution in [1.82, 2.24) is 4.98 Å². The van der Waals surface area contributed by atoms with Crippen molar-refractivity contribution in [3.05, 3.63) is 82.6 Å². The molecule has 7 nitrogen and oxygen atoms in total. The maximum absolute atomic E-state index is 13.7. The summed E-state index contributed by atoms with van der Waals surface area (Å²) in [7, 11) is 4.53. The Labute approximate surface area is 216 Å². The van der Waals surface area contributed by atoms with Gasteiger partial charge < -0.3 is 14.2 Å². The fourth-order valence-electron chi connectivity index (χ4n) is 3.32. The molecule has 0 fully saturated rings. The molecule has 1 amide bonds. The summed E-state index contributed by atoms with van der Waals surface area (Å²) in [6.45, 7) is 0. The Kier molecular flexibility index (Phi) is 7.82. The molecule has 0 N–H and O–H groups in total. The molecule has 10 heteroatoms. The molecular formula is C26H21ClFN3O4S. The largest absolute Gasteiger partial charge is 0.493 e. The lowest BCUT2D eigenvalue weighted by Crippen LogP contribution is -2.23. The van der Waals surface area contributed by atoms with Crippen molar-refractivity contribution in [2.45, 2.75) is 0 Å². The lowest BCUT2D eigenvalue weighted by molar-refractivity contribution is -0.114. The minimum atomic E-state index is -0.474. The van der Waals surface area contributed by atoms with Gasteiger partial charge in [-0.15, -0.1) is 0 Å². The molecule has 0 saturated carbocycles. The fourth-order valence-corrected chi connectivity index (χ4v) is 4.47. The number of halogens is 2. The van der Waals surface area contributed by atoms with Crippen molar-refractivity contribution in [2.75, 3.05) is 26.3 Å². The summed E-state index contributed by atoms with van der Waals surface area (Å²) in [6, 6.07) is 14.8. The molecule has 0 bridgehead atoms. The van der Waals surface area contributed by atoms with Crippen molar-refractivity contribution < 1.29 is 23.4 Å². The molecule has 184 valence electrons. The van der Waals surface area contributed by atoms with Gasteiger partial charge >= 0.3 is 0 Å². The van der Waals surface area contributed by atoms with Crippen molar-refractivity contribution >= 4 is 56.5 Å². The third-order valence-corrected chi connectivity index (χ3v) is 6.39. The van der Waals surface area contributed by atoms with Crippen LogP contribution >= 0.6 is 22.9 Å². The van der Waals surface area contributed by atoms with Crippen LogP contribution < -0.4 is 19.2 Å². The van der Waals surface area contributed by atoms with Crippen LogP contribution in [-0.2, 0) is 4.79 Å². The number of ether oxygens (including phenoxy) is 3. The highest BCUT2D eigenvalue weighted by Gasteiger charge is 2.18. The number of rotatable bonds is 8. The molecule has 0 radical (unpaired) electrons. The van der Waals surface area contributed by atoms with Crippen molar-refractivity contribution in [2.24, 2.45) is 5.10 Å². The van der Waals surface area contributed by atoms with Crippen LogP contribution in [0, 0.1) is 5.82 Å². The van der Waals surface area contributed by atoms with Gasteiger partial charge in [-0.3, -0.25) is 4.79 Å². The van der Waals surface area contributed by atoms with Crippen molar-refractivity contribution in [3.63, 3.8) is 0 Å². The second kappa shape index (κ2) is 11.2. The molecule has 0 spiro atoms. The number of benzene rings is 3. The molecule has 0 unspecified atom stereocenters. The van der Waals surface area contributed by atoms with E-state index in [-0.39, 0.29) is 5.13 Å². The topological polar surface area (TPSA) is 73.2 Å². The first-order chi connectivity index (χ1) is 17.4. The minimum absolute atomic E-state index is 0.271. The number of carbonyl (C=O) groups is 1. The Bertz CT molecular complexity index is 1450. The van der Waals surface area contributed by atoms with Crippen LogP contribution in [0.2, 0.25) is 5.02 Å². The Morgan fingerprint density at radius 3 is 2.44 bits per heavy atom. The zero-order valence-corrected chi connectivity index (χ0v) is 21.1. The summed E-state index contributed by atoms with van der Waals surface area (Å²) in [6.07, 6.45) is 4.42. The number of carbonyl (C=O) groups excluding carboxylic acids is 1. The molecule has 0 aliphatic rings. The highest BCUT2D eigenvalue weighted by Crippen LogP contribution is 2.38. The predicted molar refractivity (Wildman–Crippen MR) is 141 cm³/mol. The second-order valence-electron chi connectivity index (χ2n) is 7.32. The highest BCUT2D eigenvalue weighted by atomic mass is 35.5. The molecule has 1 aromatic heterocycles. The van der Waals surface area contributed by atoms with E-state index < -0.39 is 11.7 Å². The van der Waals surface area contributed by atoms with Crippen LogP contribution in [0.1, 0.15) is 11.1 Å². The van der Waals surface area contributed by atoms with E-state index in [0.717, 1.165) is 16.3 Å². The average molecular weight is 526 g/mol. The van der Waals surface area contributed by atoms with Gasteiger partial charge in [-0.2, -0.15) is 10.1 Å². The van der Waals surface area contributed by atoms with Crippen LogP contribution in [-0.4, -0.2) is 38.4 Å². The summed E-state index contributed by atoms with van der Waals surface area (Å²) in [5.41, 5.74) is 1.81. The van der Waals surface area contributed by atoms with E-state index in [1.165, 1.54) is 45.8 Å². The van der Waals surface area contributed by atoms with Crippen LogP contribution in [0.4, 0.5) is 9.52 Å². The molecule has 1 heterocycles. The van der Waals surface area contributed by atoms with Gasteiger partial charge in [-0.25, -0.2) is 9.37 Å². The van der Waals surface area contributed by atoms with Crippen LogP contribution in [0.5, 0.6) is 17.2 Å². The lowest BCUT2D eigenvalue weighted by atomic mass is 10.2. The van der Waals surface area contributed by atoms with Gasteiger partial charge in [-0.1, -0.05) is 41.1 Å². The van der Waals surface area contributed by atoms with Gasteiger partial charge in [0.15, 0.2) is 11.5 Å². The third-order valence-electron chi connectivity index (χ3n) is 5.05. The first-order valence-corrected chi connectivity index (χ1v) is 11.8. The number of anilines is 1. The number of hydrazone groups is 1. The number of nitrogens with zero attached hydrogens (tertiary/aromatic N) is 3. The monoisotopic (exact) mass is 525 g/mol. The highest BCUT2D eigenvalue weighted by molar-refractivity contribution is 7.22. The smallest absolute Gasteiger partial charge is 0.273 e. The van der Waals surface area contributed by atoms with E-state index in [2.05, 4.69) is 10.1 Å². The van der Waals surface area contributed by atoms with E-state index >= 15 is 0 Å². The number of methoxy groups -OCH3 is 3. The number of aromatic nitrogens is 1. The predicted octanol–water partition coefficient (Wildman–Crippen LogP) is 6.20. The summed E-state index contributed by atoms with van der Waals surface area (Å²) >= 11 is 7.35. The maximum Gasteiger partial charge on any atom is 0.273 e. The van der Waals surface area contributed by atoms with E-state index in [1.54, 1.807) is 42.5 Å². The number of fused-ring (bicyclic) bond motifs is 1. The van der Waals surface area contributed by atoms with Crippen LogP contribution in [0.15, 0.2) is 65.8 Å². The fraction of sp³-hybridized carbons (Fsp3) is 0.115. The molecule has 3 aromatic carbocycles. The average Bonchev–Trinajstić information content (AvgIpc) is 3.30. The summed E-state index contributed by atoms with van der Waals surface area (Å²) in [5.74, 6) is 0.435. The second-order valence-corrected chi connectivity index (χ2v) is 8.73. The Hall–Kier alpha value is -3.95. The molecule has 0 atom stereocenters. The van der Waals surface area contributed by atoms with Crippen LogP contribution in [0.3, 0.4) is 0 Å². The molecule has 0 saturated heterocycles. The Morgan fingerprint density at radius 1 is 1.06 bits per heavy atom.